The molecule has 6 heteroatoms. The number of rotatable bonds is 6. The summed E-state index contributed by atoms with van der Waals surface area (Å²) in [5.41, 5.74) is 6.50. The van der Waals surface area contributed by atoms with E-state index in [0.717, 1.165) is 6.42 Å². The maximum Gasteiger partial charge on any atom is 0.275 e. The van der Waals surface area contributed by atoms with Gasteiger partial charge in [0.15, 0.2) is 0 Å². The molecule has 0 fully saturated rings. The molecule has 1 aromatic carbocycles. The summed E-state index contributed by atoms with van der Waals surface area (Å²) in [6, 6.07) is 7.31. The molecule has 0 saturated carbocycles. The Labute approximate surface area is 128 Å². The van der Waals surface area contributed by atoms with Crippen LogP contribution in [0.4, 0.5) is 5.69 Å². The fourth-order valence-electron chi connectivity index (χ4n) is 2.15. The van der Waals surface area contributed by atoms with E-state index in [1.165, 1.54) is 0 Å². The van der Waals surface area contributed by atoms with Gasteiger partial charge in [0.05, 0.1) is 17.9 Å². The smallest absolute Gasteiger partial charge is 0.275 e. The summed E-state index contributed by atoms with van der Waals surface area (Å²) in [6.45, 7) is 4.36. The van der Waals surface area contributed by atoms with Crippen molar-refractivity contribution in [2.45, 2.75) is 26.7 Å². The summed E-state index contributed by atoms with van der Waals surface area (Å²) < 4.78 is 5.56. The van der Waals surface area contributed by atoms with Crippen LogP contribution in [0.15, 0.2) is 29.1 Å². The van der Waals surface area contributed by atoms with Crippen molar-refractivity contribution < 1.29 is 4.74 Å². The van der Waals surface area contributed by atoms with Crippen LogP contribution >= 0.6 is 0 Å². The lowest BCUT2D eigenvalue weighted by Crippen LogP contribution is -2.20. The van der Waals surface area contributed by atoms with Gasteiger partial charge in [-0.3, -0.25) is 4.79 Å². The average Bonchev–Trinajstić information content (AvgIpc) is 2.51. The molecule has 22 heavy (non-hydrogen) atoms. The van der Waals surface area contributed by atoms with Gasteiger partial charge in [-0.15, -0.1) is 0 Å². The Morgan fingerprint density at radius 2 is 2.09 bits per heavy atom. The van der Waals surface area contributed by atoms with Gasteiger partial charge in [0.1, 0.15) is 23.0 Å². The third kappa shape index (κ3) is 3.16. The van der Waals surface area contributed by atoms with E-state index in [0.29, 0.717) is 30.2 Å². The van der Waals surface area contributed by atoms with Crippen LogP contribution in [0.25, 0.3) is 11.4 Å². The third-order valence-electron chi connectivity index (χ3n) is 3.18. The number of aromatic amines is 1. The zero-order valence-corrected chi connectivity index (χ0v) is 12.8. The summed E-state index contributed by atoms with van der Waals surface area (Å²) >= 11 is 0. The maximum atomic E-state index is 12.1. The first kappa shape index (κ1) is 15.8. The lowest BCUT2D eigenvalue weighted by atomic mass is 10.1. The van der Waals surface area contributed by atoms with Crippen molar-refractivity contribution in [2.24, 2.45) is 0 Å². The monoisotopic (exact) mass is 300 g/mol. The van der Waals surface area contributed by atoms with Crippen LogP contribution in [0, 0.1) is 5.41 Å². The molecule has 0 atom stereocenters. The molecule has 0 bridgehead atoms. The predicted octanol–water partition coefficient (Wildman–Crippen LogP) is 2.59. The molecule has 1 aromatic heterocycles. The molecule has 0 spiro atoms. The second-order valence-corrected chi connectivity index (χ2v) is 4.83. The van der Waals surface area contributed by atoms with Gasteiger partial charge in [0, 0.05) is 0 Å². The van der Waals surface area contributed by atoms with Crippen LogP contribution < -0.4 is 16.0 Å². The number of nitrogens with two attached hydrogens (primary N) is 1. The van der Waals surface area contributed by atoms with E-state index in [9.17, 15) is 4.79 Å². The summed E-state index contributed by atoms with van der Waals surface area (Å²) in [6.07, 6.45) is 1.31. The molecule has 0 aliphatic heterocycles. The second-order valence-electron chi connectivity index (χ2n) is 4.83. The maximum absolute atomic E-state index is 12.1. The van der Waals surface area contributed by atoms with Gasteiger partial charge in [0.25, 0.3) is 5.56 Å². The lowest BCUT2D eigenvalue weighted by molar-refractivity contribution is 0.341. The molecule has 4 N–H and O–H groups in total. The summed E-state index contributed by atoms with van der Waals surface area (Å²) in [5.74, 6) is 0.991. The third-order valence-corrected chi connectivity index (χ3v) is 3.18. The van der Waals surface area contributed by atoms with Crippen LogP contribution in [-0.2, 0) is 0 Å². The van der Waals surface area contributed by atoms with Crippen molar-refractivity contribution in [3.63, 3.8) is 0 Å². The number of hydrogen-bond acceptors (Lipinski definition) is 5. The first-order valence-corrected chi connectivity index (χ1v) is 7.28. The van der Waals surface area contributed by atoms with E-state index in [4.69, 9.17) is 15.9 Å². The summed E-state index contributed by atoms with van der Waals surface area (Å²) in [7, 11) is 0. The van der Waals surface area contributed by atoms with E-state index in [2.05, 4.69) is 9.97 Å². The molecular formula is C16H20N4O2. The second kappa shape index (κ2) is 6.89. The van der Waals surface area contributed by atoms with Gasteiger partial charge in [-0.1, -0.05) is 25.5 Å². The Balaban J connectivity index is 2.58. The van der Waals surface area contributed by atoms with E-state index in [1.54, 1.807) is 0 Å². The molecule has 6 nitrogen and oxygen atoms in total. The summed E-state index contributed by atoms with van der Waals surface area (Å²) in [4.78, 5) is 19.1. The highest BCUT2D eigenvalue weighted by atomic mass is 16.5. The number of anilines is 1. The number of nitrogens with zero attached hydrogens (tertiary/aromatic N) is 1. The Kier molecular flexibility index (Phi) is 4.93. The van der Waals surface area contributed by atoms with Crippen LogP contribution in [0.3, 0.4) is 0 Å². The zero-order valence-electron chi connectivity index (χ0n) is 12.8. The van der Waals surface area contributed by atoms with Crippen molar-refractivity contribution in [3.05, 3.63) is 40.3 Å². The molecule has 1 heterocycles. The fourth-order valence-corrected chi connectivity index (χ4v) is 2.15. The number of hydrogen-bond donors (Lipinski definition) is 3. The Morgan fingerprint density at radius 3 is 2.77 bits per heavy atom. The minimum atomic E-state index is -0.438. The first-order chi connectivity index (χ1) is 10.6. The van der Waals surface area contributed by atoms with Gasteiger partial charge in [-0.25, -0.2) is 4.98 Å². The van der Waals surface area contributed by atoms with E-state index < -0.39 is 5.56 Å². The van der Waals surface area contributed by atoms with Crippen molar-refractivity contribution in [2.75, 3.05) is 12.3 Å². The predicted molar refractivity (Wildman–Crippen MR) is 87.6 cm³/mol. The molecule has 0 unspecified atom stereocenters. The highest BCUT2D eigenvalue weighted by Gasteiger charge is 2.15. The minimum Gasteiger partial charge on any atom is -0.493 e. The Bertz CT molecular complexity index is 737. The minimum absolute atomic E-state index is 0.0175. The highest BCUT2D eigenvalue weighted by Crippen LogP contribution is 2.27. The lowest BCUT2D eigenvalue weighted by Gasteiger charge is -2.11. The van der Waals surface area contributed by atoms with Crippen molar-refractivity contribution >= 4 is 11.4 Å². The van der Waals surface area contributed by atoms with Crippen LogP contribution in [0.1, 0.15) is 32.4 Å². The van der Waals surface area contributed by atoms with E-state index in [-0.39, 0.29) is 17.1 Å². The molecular weight excluding hydrogens is 280 g/mol. The largest absolute Gasteiger partial charge is 0.493 e. The normalized spacial score (nSPS) is 10.5. The van der Waals surface area contributed by atoms with E-state index in [1.807, 2.05) is 38.1 Å². The van der Waals surface area contributed by atoms with E-state index >= 15 is 0 Å². The fraction of sp³-hybridized carbons (Fsp3) is 0.312. The number of nitrogen functional groups attached to an aromatic ring is 1. The van der Waals surface area contributed by atoms with Crippen LogP contribution in [0.5, 0.6) is 5.75 Å². The quantitative estimate of drug-likeness (QED) is 0.713. The van der Waals surface area contributed by atoms with Crippen molar-refractivity contribution in [1.82, 2.24) is 9.97 Å². The van der Waals surface area contributed by atoms with Crippen molar-refractivity contribution in [1.29, 1.82) is 5.41 Å². The van der Waals surface area contributed by atoms with Gasteiger partial charge in [-0.2, -0.15) is 0 Å². The molecule has 2 aromatic rings. The number of ether oxygens (including phenoxy) is 1. The summed E-state index contributed by atoms with van der Waals surface area (Å²) in [5, 5.41) is 8.03. The molecule has 0 aliphatic carbocycles. The molecule has 0 radical (unpaired) electrons. The SMILES string of the molecule is CCCC(=N)c1nc(-c2ccccc2OCC)[nH]c(=O)c1N. The number of aromatic nitrogens is 2. The van der Waals surface area contributed by atoms with Crippen molar-refractivity contribution in [3.8, 4) is 17.1 Å². The average molecular weight is 300 g/mol. The number of benzene rings is 1. The van der Waals surface area contributed by atoms with Gasteiger partial charge >= 0.3 is 0 Å². The Hall–Kier alpha value is -2.63. The number of para-hydroxylation sites is 1. The molecule has 2 rings (SSSR count). The highest BCUT2D eigenvalue weighted by molar-refractivity contribution is 6.00. The van der Waals surface area contributed by atoms with Gasteiger partial charge < -0.3 is 20.9 Å². The van der Waals surface area contributed by atoms with Gasteiger partial charge in [-0.05, 0) is 25.5 Å². The van der Waals surface area contributed by atoms with Crippen LogP contribution in [-0.4, -0.2) is 22.3 Å². The van der Waals surface area contributed by atoms with Gasteiger partial charge in [0.2, 0.25) is 0 Å². The Morgan fingerprint density at radius 1 is 1.36 bits per heavy atom. The zero-order chi connectivity index (χ0) is 16.1. The first-order valence-electron chi connectivity index (χ1n) is 7.28. The molecule has 0 saturated heterocycles. The molecule has 116 valence electrons. The number of nitrogens with one attached hydrogen (secondary N) is 2. The number of H-pyrrole nitrogens is 1. The molecule has 0 aliphatic rings. The van der Waals surface area contributed by atoms with Crippen LogP contribution in [0.2, 0.25) is 0 Å². The standard InChI is InChI=1S/C16H20N4O2/c1-3-7-11(17)14-13(18)16(21)20-15(19-14)10-8-5-6-9-12(10)22-4-2/h5-6,8-9,17H,3-4,7,18H2,1-2H3,(H,19,20,21). The molecule has 0 amide bonds. The topological polar surface area (TPSA) is 105 Å².